The van der Waals surface area contributed by atoms with Gasteiger partial charge in [0.05, 0.1) is 0 Å². The maximum Gasteiger partial charge on any atom is 0.410 e. The molecule has 1 saturated heterocycles. The highest BCUT2D eigenvalue weighted by Crippen LogP contribution is 2.21. The molecule has 110 valence electrons. The van der Waals surface area contributed by atoms with Crippen LogP contribution in [0.4, 0.5) is 4.79 Å². The Morgan fingerprint density at radius 3 is 2.85 bits per heavy atom. The number of ether oxygens (including phenoxy) is 1. The maximum absolute atomic E-state index is 12.2. The number of hydrogen-bond acceptors (Lipinski definition) is 3. The fourth-order valence-corrected chi connectivity index (χ4v) is 2.70. The zero-order valence-corrected chi connectivity index (χ0v) is 12.0. The highest BCUT2D eigenvalue weighted by Gasteiger charge is 2.27. The number of rotatable bonds is 5. The summed E-state index contributed by atoms with van der Waals surface area (Å²) in [5, 5.41) is 0. The standard InChI is InChI=1S/C16H24N2O2/c17-11-6-10-15-9-4-5-12-18(15)16(19)20-13-14-7-2-1-3-8-14/h1-3,7-8,15H,4-6,9-13,17H2/t15-/m1/s1. The molecule has 0 saturated carbocycles. The number of hydrogen-bond donors (Lipinski definition) is 1. The van der Waals surface area contributed by atoms with Crippen LogP contribution in [0.15, 0.2) is 30.3 Å². The molecule has 4 heteroatoms. The van der Waals surface area contributed by atoms with E-state index < -0.39 is 0 Å². The molecule has 4 nitrogen and oxygen atoms in total. The number of carbonyl (C=O) groups excluding carboxylic acids is 1. The van der Waals surface area contributed by atoms with E-state index in [9.17, 15) is 4.79 Å². The van der Waals surface area contributed by atoms with E-state index in [0.717, 1.165) is 37.8 Å². The second kappa shape index (κ2) is 7.90. The summed E-state index contributed by atoms with van der Waals surface area (Å²) >= 11 is 0. The van der Waals surface area contributed by atoms with E-state index in [0.29, 0.717) is 19.2 Å². The molecule has 1 heterocycles. The molecule has 0 aliphatic carbocycles. The van der Waals surface area contributed by atoms with Crippen LogP contribution in [0.5, 0.6) is 0 Å². The van der Waals surface area contributed by atoms with Crippen LogP contribution >= 0.6 is 0 Å². The number of benzene rings is 1. The first-order chi connectivity index (χ1) is 9.81. The van der Waals surface area contributed by atoms with E-state index in [4.69, 9.17) is 10.5 Å². The van der Waals surface area contributed by atoms with Gasteiger partial charge in [-0.25, -0.2) is 4.79 Å². The molecule has 1 atom stereocenters. The van der Waals surface area contributed by atoms with Crippen molar-refractivity contribution in [3.63, 3.8) is 0 Å². The van der Waals surface area contributed by atoms with Crippen LogP contribution in [0.25, 0.3) is 0 Å². The summed E-state index contributed by atoms with van der Waals surface area (Å²) in [7, 11) is 0. The number of carbonyl (C=O) groups is 1. The number of likely N-dealkylation sites (tertiary alicyclic amines) is 1. The van der Waals surface area contributed by atoms with Crippen molar-refractivity contribution < 1.29 is 9.53 Å². The Balaban J connectivity index is 1.85. The molecular weight excluding hydrogens is 252 g/mol. The second-order valence-electron chi connectivity index (χ2n) is 5.31. The van der Waals surface area contributed by atoms with Crippen molar-refractivity contribution in [2.24, 2.45) is 5.73 Å². The average molecular weight is 276 g/mol. The van der Waals surface area contributed by atoms with Gasteiger partial charge in [0.15, 0.2) is 0 Å². The predicted molar refractivity (Wildman–Crippen MR) is 79.3 cm³/mol. The molecule has 0 unspecified atom stereocenters. The fraction of sp³-hybridized carbons (Fsp3) is 0.562. The van der Waals surface area contributed by atoms with Gasteiger partial charge < -0.3 is 15.4 Å². The summed E-state index contributed by atoms with van der Waals surface area (Å²) in [6, 6.07) is 10.1. The number of amides is 1. The first-order valence-electron chi connectivity index (χ1n) is 7.48. The minimum atomic E-state index is -0.185. The Labute approximate surface area is 120 Å². The Morgan fingerprint density at radius 2 is 2.10 bits per heavy atom. The lowest BCUT2D eigenvalue weighted by Gasteiger charge is -2.35. The molecule has 1 aliphatic rings. The van der Waals surface area contributed by atoms with Crippen molar-refractivity contribution in [2.45, 2.75) is 44.8 Å². The first-order valence-corrected chi connectivity index (χ1v) is 7.48. The molecule has 1 amide bonds. The van der Waals surface area contributed by atoms with Crippen molar-refractivity contribution in [2.75, 3.05) is 13.1 Å². The molecule has 1 fully saturated rings. The molecule has 20 heavy (non-hydrogen) atoms. The van der Waals surface area contributed by atoms with E-state index in [1.54, 1.807) is 0 Å². The number of nitrogens with two attached hydrogens (primary N) is 1. The van der Waals surface area contributed by atoms with Gasteiger partial charge in [-0.1, -0.05) is 30.3 Å². The SMILES string of the molecule is NCCC[C@H]1CCCCN1C(=O)OCc1ccccc1. The molecule has 0 radical (unpaired) electrons. The van der Waals surface area contributed by atoms with Crippen LogP contribution in [0.3, 0.4) is 0 Å². The Hall–Kier alpha value is -1.55. The van der Waals surface area contributed by atoms with E-state index in [1.165, 1.54) is 6.42 Å². The van der Waals surface area contributed by atoms with Crippen molar-refractivity contribution in [3.8, 4) is 0 Å². The summed E-state index contributed by atoms with van der Waals surface area (Å²) in [4.78, 5) is 14.1. The summed E-state index contributed by atoms with van der Waals surface area (Å²) in [5.41, 5.74) is 6.59. The van der Waals surface area contributed by atoms with Gasteiger partial charge in [-0.3, -0.25) is 0 Å². The third kappa shape index (κ3) is 4.23. The quantitative estimate of drug-likeness (QED) is 0.899. The van der Waals surface area contributed by atoms with E-state index in [2.05, 4.69) is 0 Å². The highest BCUT2D eigenvalue weighted by molar-refractivity contribution is 5.68. The molecule has 0 bridgehead atoms. The van der Waals surface area contributed by atoms with Crippen molar-refractivity contribution in [1.29, 1.82) is 0 Å². The monoisotopic (exact) mass is 276 g/mol. The van der Waals surface area contributed by atoms with Gasteiger partial charge in [-0.2, -0.15) is 0 Å². The number of nitrogens with zero attached hydrogens (tertiary/aromatic N) is 1. The largest absolute Gasteiger partial charge is 0.445 e. The molecule has 1 aliphatic heterocycles. The van der Waals surface area contributed by atoms with Gasteiger partial charge in [-0.15, -0.1) is 0 Å². The Bertz CT molecular complexity index is 408. The maximum atomic E-state index is 12.2. The minimum absolute atomic E-state index is 0.185. The van der Waals surface area contributed by atoms with Crippen LogP contribution in [0.1, 0.15) is 37.7 Å². The van der Waals surface area contributed by atoms with Gasteiger partial charge in [0.2, 0.25) is 0 Å². The number of piperidine rings is 1. The summed E-state index contributed by atoms with van der Waals surface area (Å²) in [5.74, 6) is 0. The molecular formula is C16H24N2O2. The zero-order valence-electron chi connectivity index (χ0n) is 12.0. The van der Waals surface area contributed by atoms with E-state index in [-0.39, 0.29) is 6.09 Å². The zero-order chi connectivity index (χ0) is 14.2. The van der Waals surface area contributed by atoms with Crippen LogP contribution in [-0.4, -0.2) is 30.1 Å². The average Bonchev–Trinajstić information content (AvgIpc) is 2.52. The molecule has 1 aromatic carbocycles. The smallest absolute Gasteiger partial charge is 0.410 e. The van der Waals surface area contributed by atoms with Gasteiger partial charge in [-0.05, 0) is 44.2 Å². The van der Waals surface area contributed by atoms with Crippen molar-refractivity contribution >= 4 is 6.09 Å². The lowest BCUT2D eigenvalue weighted by Crippen LogP contribution is -2.44. The summed E-state index contributed by atoms with van der Waals surface area (Å²) in [6.07, 6.45) is 5.09. The van der Waals surface area contributed by atoms with E-state index in [1.807, 2.05) is 35.2 Å². The Kier molecular flexibility index (Phi) is 5.87. The lowest BCUT2D eigenvalue weighted by molar-refractivity contribution is 0.0657. The highest BCUT2D eigenvalue weighted by atomic mass is 16.6. The van der Waals surface area contributed by atoms with Gasteiger partial charge in [0.25, 0.3) is 0 Å². The third-order valence-electron chi connectivity index (χ3n) is 3.81. The van der Waals surface area contributed by atoms with Crippen LogP contribution in [-0.2, 0) is 11.3 Å². The van der Waals surface area contributed by atoms with Crippen LogP contribution in [0.2, 0.25) is 0 Å². The molecule has 0 spiro atoms. The van der Waals surface area contributed by atoms with Crippen molar-refractivity contribution in [1.82, 2.24) is 4.90 Å². The molecule has 2 N–H and O–H groups in total. The van der Waals surface area contributed by atoms with Crippen LogP contribution in [0, 0.1) is 0 Å². The molecule has 0 aromatic heterocycles. The fourth-order valence-electron chi connectivity index (χ4n) is 2.70. The predicted octanol–water partition coefficient (Wildman–Crippen LogP) is 2.92. The normalized spacial score (nSPS) is 18.9. The lowest BCUT2D eigenvalue weighted by atomic mass is 9.98. The summed E-state index contributed by atoms with van der Waals surface area (Å²) in [6.45, 7) is 1.84. The van der Waals surface area contributed by atoms with Gasteiger partial charge in [0.1, 0.15) is 6.61 Å². The second-order valence-corrected chi connectivity index (χ2v) is 5.31. The molecule has 2 rings (SSSR count). The van der Waals surface area contributed by atoms with Gasteiger partial charge in [0, 0.05) is 12.6 Å². The third-order valence-corrected chi connectivity index (χ3v) is 3.81. The summed E-state index contributed by atoms with van der Waals surface area (Å²) < 4.78 is 5.43. The van der Waals surface area contributed by atoms with E-state index >= 15 is 0 Å². The van der Waals surface area contributed by atoms with Gasteiger partial charge >= 0.3 is 6.09 Å². The Morgan fingerprint density at radius 1 is 1.30 bits per heavy atom. The minimum Gasteiger partial charge on any atom is -0.445 e. The van der Waals surface area contributed by atoms with Crippen LogP contribution < -0.4 is 5.73 Å². The van der Waals surface area contributed by atoms with Crippen molar-refractivity contribution in [3.05, 3.63) is 35.9 Å². The first kappa shape index (κ1) is 14.9. The molecule has 1 aromatic rings. The topological polar surface area (TPSA) is 55.6 Å².